The number of esters is 1. The maximum atomic E-state index is 13.2. The number of fused-ring (bicyclic) bond motifs is 1. The summed E-state index contributed by atoms with van der Waals surface area (Å²) in [5.74, 6) is -1.05. The molecule has 1 saturated heterocycles. The van der Waals surface area contributed by atoms with E-state index in [-0.39, 0.29) is 42.8 Å². The molecule has 3 atom stereocenters. The molecule has 0 aromatic heterocycles. The summed E-state index contributed by atoms with van der Waals surface area (Å²) >= 11 is 5.89. The minimum absolute atomic E-state index is 0.0338. The third kappa shape index (κ3) is 6.08. The Kier molecular flexibility index (Phi) is 7.91. The molecular formula is C23H29ClN2O4. The average Bonchev–Trinajstić information content (AvgIpc) is 3.21. The zero-order valence-electron chi connectivity index (χ0n) is 17.3. The molecule has 2 aliphatic rings. The van der Waals surface area contributed by atoms with Gasteiger partial charge in [0, 0.05) is 24.5 Å². The molecule has 0 saturated carbocycles. The number of nitrogens with zero attached hydrogens (tertiary/aromatic N) is 1. The van der Waals surface area contributed by atoms with Gasteiger partial charge in [0.15, 0.2) is 0 Å². The Morgan fingerprint density at radius 3 is 2.70 bits per heavy atom. The molecule has 0 aliphatic carbocycles. The average molecular weight is 433 g/mol. The van der Waals surface area contributed by atoms with E-state index >= 15 is 0 Å². The fraction of sp³-hybridized carbons (Fsp3) is 0.522. The first-order chi connectivity index (χ1) is 14.4. The lowest BCUT2D eigenvalue weighted by Crippen LogP contribution is -2.43. The Balaban J connectivity index is 1.65. The fourth-order valence-electron chi connectivity index (χ4n) is 3.88. The summed E-state index contributed by atoms with van der Waals surface area (Å²) in [6.07, 6.45) is 6.70. The minimum Gasteiger partial charge on any atom is -0.463 e. The topological polar surface area (TPSA) is 75.7 Å². The van der Waals surface area contributed by atoms with Crippen LogP contribution in [0.2, 0.25) is 5.02 Å². The van der Waals surface area contributed by atoms with Crippen LogP contribution in [0.25, 0.3) is 0 Å². The van der Waals surface area contributed by atoms with Crippen LogP contribution in [0.5, 0.6) is 0 Å². The van der Waals surface area contributed by atoms with Crippen molar-refractivity contribution in [2.24, 2.45) is 11.8 Å². The standard InChI is InChI=1S/C23H29ClN2O4/c1-16-5-2-3-6-18(13-21(27)25-14-17-8-10-19(24)11-9-17)22(28)26-12-4-7-20(26)15-30-23(16)29/h2-3,8-11,16,18,20H,4-7,12-15H2,1H3,(H,25,27)/t16-,18-,20-/m0/s1. The van der Waals surface area contributed by atoms with Gasteiger partial charge in [-0.05, 0) is 43.4 Å². The van der Waals surface area contributed by atoms with Crippen molar-refractivity contribution in [2.75, 3.05) is 13.2 Å². The summed E-state index contributed by atoms with van der Waals surface area (Å²) in [5, 5.41) is 3.55. The number of ether oxygens (including phenoxy) is 1. The number of halogens is 1. The van der Waals surface area contributed by atoms with Crippen LogP contribution in [0.1, 0.15) is 44.6 Å². The van der Waals surface area contributed by atoms with E-state index in [9.17, 15) is 14.4 Å². The predicted molar refractivity (Wildman–Crippen MR) is 115 cm³/mol. The van der Waals surface area contributed by atoms with Crippen molar-refractivity contribution < 1.29 is 19.1 Å². The summed E-state index contributed by atoms with van der Waals surface area (Å²) in [5.41, 5.74) is 0.952. The van der Waals surface area contributed by atoms with Crippen molar-refractivity contribution in [2.45, 2.75) is 51.6 Å². The smallest absolute Gasteiger partial charge is 0.309 e. The van der Waals surface area contributed by atoms with Crippen LogP contribution >= 0.6 is 11.6 Å². The first kappa shape index (κ1) is 22.3. The van der Waals surface area contributed by atoms with Crippen LogP contribution in [-0.4, -0.2) is 41.9 Å². The van der Waals surface area contributed by atoms with Crippen molar-refractivity contribution >= 4 is 29.4 Å². The van der Waals surface area contributed by atoms with Crippen molar-refractivity contribution in [3.05, 3.63) is 47.0 Å². The molecule has 30 heavy (non-hydrogen) atoms. The Labute approximate surface area is 182 Å². The lowest BCUT2D eigenvalue weighted by atomic mass is 9.97. The van der Waals surface area contributed by atoms with Crippen LogP contribution < -0.4 is 5.32 Å². The van der Waals surface area contributed by atoms with E-state index in [1.807, 2.05) is 31.2 Å². The molecule has 0 spiro atoms. The minimum atomic E-state index is -0.419. The molecule has 1 N–H and O–H groups in total. The molecule has 0 unspecified atom stereocenters. The van der Waals surface area contributed by atoms with Gasteiger partial charge in [-0.15, -0.1) is 0 Å². The van der Waals surface area contributed by atoms with Gasteiger partial charge in [-0.1, -0.05) is 42.8 Å². The molecule has 1 aromatic rings. The number of amides is 2. The van der Waals surface area contributed by atoms with Crippen molar-refractivity contribution in [1.29, 1.82) is 0 Å². The SMILES string of the molecule is C[C@H]1CC=CC[C@@H](CC(=O)NCc2ccc(Cl)cc2)C(=O)N2CCC[C@H]2COC1=O. The zero-order chi connectivity index (χ0) is 21.5. The Hall–Kier alpha value is -2.34. The van der Waals surface area contributed by atoms with Crippen LogP contribution in [0, 0.1) is 11.8 Å². The van der Waals surface area contributed by atoms with E-state index in [2.05, 4.69) is 5.32 Å². The maximum Gasteiger partial charge on any atom is 0.309 e. The lowest BCUT2D eigenvalue weighted by molar-refractivity contribution is -0.152. The van der Waals surface area contributed by atoms with Gasteiger partial charge >= 0.3 is 5.97 Å². The van der Waals surface area contributed by atoms with E-state index in [4.69, 9.17) is 16.3 Å². The third-order valence-corrected chi connectivity index (χ3v) is 5.99. The number of cyclic esters (lactones) is 1. The first-order valence-corrected chi connectivity index (χ1v) is 10.9. The molecule has 1 aromatic carbocycles. The number of hydrogen-bond acceptors (Lipinski definition) is 4. The number of carbonyl (C=O) groups is 3. The quantitative estimate of drug-likeness (QED) is 0.583. The molecule has 0 bridgehead atoms. The highest BCUT2D eigenvalue weighted by molar-refractivity contribution is 6.30. The van der Waals surface area contributed by atoms with E-state index < -0.39 is 5.92 Å². The molecule has 2 heterocycles. The van der Waals surface area contributed by atoms with Crippen molar-refractivity contribution in [3.8, 4) is 0 Å². The molecule has 2 aliphatic heterocycles. The van der Waals surface area contributed by atoms with Crippen LogP contribution in [0.4, 0.5) is 0 Å². The number of rotatable bonds is 4. The summed E-state index contributed by atoms with van der Waals surface area (Å²) in [4.78, 5) is 39.6. The summed E-state index contributed by atoms with van der Waals surface area (Å²) in [6, 6.07) is 7.20. The van der Waals surface area contributed by atoms with Crippen molar-refractivity contribution in [1.82, 2.24) is 10.2 Å². The second kappa shape index (κ2) is 10.6. The number of nitrogens with one attached hydrogen (secondary N) is 1. The van der Waals surface area contributed by atoms with E-state index in [0.29, 0.717) is 31.0 Å². The molecule has 3 rings (SSSR count). The van der Waals surface area contributed by atoms with E-state index in [1.54, 1.807) is 17.0 Å². The second-order valence-electron chi connectivity index (χ2n) is 8.11. The summed E-state index contributed by atoms with van der Waals surface area (Å²) < 4.78 is 5.45. The number of allylic oxidation sites excluding steroid dienone is 2. The lowest BCUT2D eigenvalue weighted by Gasteiger charge is -2.29. The molecular weight excluding hydrogens is 404 g/mol. The van der Waals surface area contributed by atoms with E-state index in [1.165, 1.54) is 0 Å². The van der Waals surface area contributed by atoms with Crippen LogP contribution in [0.15, 0.2) is 36.4 Å². The van der Waals surface area contributed by atoms with Gasteiger partial charge in [0.25, 0.3) is 0 Å². The molecule has 0 radical (unpaired) electrons. The largest absolute Gasteiger partial charge is 0.463 e. The molecule has 7 heteroatoms. The summed E-state index contributed by atoms with van der Waals surface area (Å²) in [6.45, 7) is 3.11. The maximum absolute atomic E-state index is 13.2. The highest BCUT2D eigenvalue weighted by atomic mass is 35.5. The number of benzene rings is 1. The fourth-order valence-corrected chi connectivity index (χ4v) is 4.01. The van der Waals surface area contributed by atoms with Crippen molar-refractivity contribution in [3.63, 3.8) is 0 Å². The van der Waals surface area contributed by atoms with Gasteiger partial charge in [0.05, 0.1) is 17.9 Å². The third-order valence-electron chi connectivity index (χ3n) is 5.74. The van der Waals surface area contributed by atoms with E-state index in [0.717, 1.165) is 18.4 Å². The number of carbonyl (C=O) groups excluding carboxylic acids is 3. The Morgan fingerprint density at radius 1 is 1.20 bits per heavy atom. The zero-order valence-corrected chi connectivity index (χ0v) is 18.1. The number of hydrogen-bond donors (Lipinski definition) is 1. The highest BCUT2D eigenvalue weighted by Crippen LogP contribution is 2.24. The van der Waals surface area contributed by atoms with Gasteiger partial charge in [-0.25, -0.2) is 0 Å². The molecule has 2 amide bonds. The normalized spacial score (nSPS) is 25.1. The van der Waals surface area contributed by atoms with Crippen LogP contribution in [0.3, 0.4) is 0 Å². The Morgan fingerprint density at radius 2 is 1.93 bits per heavy atom. The predicted octanol–water partition coefficient (Wildman–Crippen LogP) is 3.48. The summed E-state index contributed by atoms with van der Waals surface area (Å²) in [7, 11) is 0. The molecule has 162 valence electrons. The van der Waals surface area contributed by atoms with Gasteiger partial charge < -0.3 is 15.0 Å². The van der Waals surface area contributed by atoms with Gasteiger partial charge in [0.1, 0.15) is 6.61 Å². The van der Waals surface area contributed by atoms with Gasteiger partial charge in [-0.3, -0.25) is 14.4 Å². The molecule has 1 fully saturated rings. The Bertz CT molecular complexity index is 793. The monoisotopic (exact) mass is 432 g/mol. The second-order valence-corrected chi connectivity index (χ2v) is 8.54. The first-order valence-electron chi connectivity index (χ1n) is 10.6. The van der Waals surface area contributed by atoms with Gasteiger partial charge in [0.2, 0.25) is 11.8 Å². The van der Waals surface area contributed by atoms with Gasteiger partial charge in [-0.2, -0.15) is 0 Å². The molecule has 6 nitrogen and oxygen atoms in total. The highest BCUT2D eigenvalue weighted by Gasteiger charge is 2.34. The van der Waals surface area contributed by atoms with Crippen LogP contribution in [-0.2, 0) is 25.7 Å².